The van der Waals surface area contributed by atoms with Gasteiger partial charge in [-0.05, 0) is 47.0 Å². The molecule has 0 heterocycles. The van der Waals surface area contributed by atoms with E-state index in [0.717, 1.165) is 5.56 Å². The summed E-state index contributed by atoms with van der Waals surface area (Å²) in [6, 6.07) is 29.9. The molecular weight excluding hydrogens is 483 g/mol. The molecule has 0 bridgehead atoms. The van der Waals surface area contributed by atoms with Crippen molar-refractivity contribution in [1.82, 2.24) is 5.43 Å². The lowest BCUT2D eigenvalue weighted by atomic mass is 9.85. The zero-order valence-electron chi connectivity index (χ0n) is 18.6. The molecule has 0 saturated heterocycles. The largest absolute Gasteiger partial charge is 0.488 e. The average molecular weight is 505 g/mol. The van der Waals surface area contributed by atoms with Gasteiger partial charge in [-0.15, -0.1) is 0 Å². The van der Waals surface area contributed by atoms with E-state index in [2.05, 4.69) is 10.5 Å². The summed E-state index contributed by atoms with van der Waals surface area (Å²) in [5.41, 5.74) is 2.84. The fraction of sp³-hybridized carbons (Fsp3) is 0.0714. The highest BCUT2D eigenvalue weighted by atomic mass is 35.5. The summed E-state index contributed by atoms with van der Waals surface area (Å²) in [5, 5.41) is 16.7. The molecule has 0 saturated carbocycles. The van der Waals surface area contributed by atoms with Crippen LogP contribution in [-0.2, 0) is 17.0 Å². The first-order valence-corrected chi connectivity index (χ1v) is 11.6. The second-order valence-electron chi connectivity index (χ2n) is 7.74. The van der Waals surface area contributed by atoms with Gasteiger partial charge in [-0.2, -0.15) is 5.10 Å². The van der Waals surface area contributed by atoms with E-state index in [1.54, 1.807) is 72.8 Å². The lowest BCUT2D eigenvalue weighted by molar-refractivity contribution is -0.136. The summed E-state index contributed by atoms with van der Waals surface area (Å²) in [6.07, 6.45) is 1.42. The van der Waals surface area contributed by atoms with E-state index < -0.39 is 11.5 Å². The van der Waals surface area contributed by atoms with Gasteiger partial charge in [-0.1, -0.05) is 96.0 Å². The van der Waals surface area contributed by atoms with E-state index >= 15 is 0 Å². The highest BCUT2D eigenvalue weighted by Crippen LogP contribution is 2.30. The molecule has 176 valence electrons. The van der Waals surface area contributed by atoms with Crippen LogP contribution in [0.1, 0.15) is 22.3 Å². The Morgan fingerprint density at radius 2 is 1.49 bits per heavy atom. The van der Waals surface area contributed by atoms with Crippen LogP contribution >= 0.6 is 23.2 Å². The van der Waals surface area contributed by atoms with Crippen LogP contribution in [0, 0.1) is 0 Å². The van der Waals surface area contributed by atoms with Gasteiger partial charge in [0.15, 0.2) is 5.60 Å². The van der Waals surface area contributed by atoms with Crippen LogP contribution in [0.25, 0.3) is 0 Å². The van der Waals surface area contributed by atoms with Gasteiger partial charge in [0.25, 0.3) is 5.91 Å². The number of rotatable bonds is 8. The Morgan fingerprint density at radius 3 is 2.11 bits per heavy atom. The third-order valence-electron chi connectivity index (χ3n) is 5.34. The normalized spacial score (nSPS) is 11.4. The van der Waals surface area contributed by atoms with Gasteiger partial charge in [0, 0.05) is 15.6 Å². The molecule has 0 unspecified atom stereocenters. The van der Waals surface area contributed by atoms with Crippen molar-refractivity contribution < 1.29 is 14.6 Å². The second kappa shape index (κ2) is 11.2. The number of amides is 1. The van der Waals surface area contributed by atoms with E-state index in [-0.39, 0.29) is 6.61 Å². The molecule has 0 atom stereocenters. The monoisotopic (exact) mass is 504 g/mol. The summed E-state index contributed by atoms with van der Waals surface area (Å²) in [5.74, 6) is -0.177. The van der Waals surface area contributed by atoms with Crippen LogP contribution in [0.4, 0.5) is 0 Å². The van der Waals surface area contributed by atoms with Crippen LogP contribution in [0.2, 0.25) is 10.0 Å². The topological polar surface area (TPSA) is 70.9 Å². The maximum absolute atomic E-state index is 13.2. The quantitative estimate of drug-likeness (QED) is 0.229. The number of nitrogens with zero attached hydrogens (tertiary/aromatic N) is 1. The Labute approximate surface area is 213 Å². The van der Waals surface area contributed by atoms with Gasteiger partial charge >= 0.3 is 0 Å². The number of hydrazone groups is 1. The van der Waals surface area contributed by atoms with Crippen molar-refractivity contribution in [3.63, 3.8) is 0 Å². The molecular formula is C28H22Cl2N2O3. The SMILES string of the molecule is O=C(N/N=C\c1cc(Cl)ccc1OCc1cccc(Cl)c1)C(O)(c1ccccc1)c1ccccc1. The molecule has 7 heteroatoms. The molecule has 4 rings (SSSR count). The fourth-order valence-corrected chi connectivity index (χ4v) is 3.96. The van der Waals surface area contributed by atoms with Crippen LogP contribution < -0.4 is 10.2 Å². The smallest absolute Gasteiger partial charge is 0.281 e. The molecule has 0 aromatic heterocycles. The summed E-state index contributed by atoms with van der Waals surface area (Å²) in [6.45, 7) is 0.289. The van der Waals surface area contributed by atoms with E-state index in [4.69, 9.17) is 27.9 Å². The minimum atomic E-state index is -1.93. The van der Waals surface area contributed by atoms with Crippen molar-refractivity contribution >= 4 is 35.3 Å². The predicted molar refractivity (Wildman–Crippen MR) is 139 cm³/mol. The molecule has 4 aromatic carbocycles. The summed E-state index contributed by atoms with van der Waals surface area (Å²) in [7, 11) is 0. The molecule has 5 nitrogen and oxygen atoms in total. The molecule has 2 N–H and O–H groups in total. The maximum atomic E-state index is 13.2. The molecule has 0 radical (unpaired) electrons. The van der Waals surface area contributed by atoms with Crippen molar-refractivity contribution in [3.05, 3.63) is 135 Å². The fourth-order valence-electron chi connectivity index (χ4n) is 3.57. The zero-order chi connectivity index (χ0) is 24.7. The number of benzene rings is 4. The number of halogens is 2. The Balaban J connectivity index is 1.55. The third-order valence-corrected chi connectivity index (χ3v) is 5.81. The first-order valence-electron chi connectivity index (χ1n) is 10.8. The molecule has 0 aliphatic heterocycles. The third kappa shape index (κ3) is 5.89. The standard InChI is InChI=1S/C28H22Cl2N2O3/c29-24-13-7-8-20(16-24)19-35-26-15-14-25(30)17-21(26)18-31-32-27(33)28(34,22-9-3-1-4-10-22)23-11-5-2-6-12-23/h1-18,34H,19H2,(H,32,33)/b31-18-. The van der Waals surface area contributed by atoms with Crippen molar-refractivity contribution in [1.29, 1.82) is 0 Å². The molecule has 0 aliphatic carbocycles. The average Bonchev–Trinajstić information content (AvgIpc) is 2.88. The van der Waals surface area contributed by atoms with Crippen molar-refractivity contribution in [3.8, 4) is 5.75 Å². The highest BCUT2D eigenvalue weighted by molar-refractivity contribution is 6.31. The second-order valence-corrected chi connectivity index (χ2v) is 8.62. The van der Waals surface area contributed by atoms with Crippen molar-refractivity contribution in [2.75, 3.05) is 0 Å². The van der Waals surface area contributed by atoms with Crippen LogP contribution in [0.15, 0.2) is 108 Å². The molecule has 0 spiro atoms. The van der Waals surface area contributed by atoms with Crippen LogP contribution in [0.3, 0.4) is 0 Å². The first kappa shape index (κ1) is 24.5. The van der Waals surface area contributed by atoms with Crippen LogP contribution in [0.5, 0.6) is 5.75 Å². The number of hydrogen-bond donors (Lipinski definition) is 2. The zero-order valence-corrected chi connectivity index (χ0v) is 20.1. The molecule has 0 aliphatic rings. The summed E-state index contributed by atoms with van der Waals surface area (Å²) < 4.78 is 5.93. The number of nitrogens with one attached hydrogen (secondary N) is 1. The van der Waals surface area contributed by atoms with E-state index in [0.29, 0.717) is 32.5 Å². The van der Waals surface area contributed by atoms with Gasteiger partial charge < -0.3 is 9.84 Å². The Kier molecular flexibility index (Phi) is 7.83. The minimum absolute atomic E-state index is 0.289. The van der Waals surface area contributed by atoms with Crippen molar-refractivity contribution in [2.45, 2.75) is 12.2 Å². The molecule has 35 heavy (non-hydrogen) atoms. The summed E-state index contributed by atoms with van der Waals surface area (Å²) in [4.78, 5) is 13.2. The number of hydrogen-bond acceptors (Lipinski definition) is 4. The lowest BCUT2D eigenvalue weighted by Crippen LogP contribution is -2.43. The Morgan fingerprint density at radius 1 is 0.857 bits per heavy atom. The Hall–Kier alpha value is -3.64. The summed E-state index contributed by atoms with van der Waals surface area (Å²) >= 11 is 12.2. The maximum Gasteiger partial charge on any atom is 0.281 e. The number of aliphatic hydroxyl groups is 1. The van der Waals surface area contributed by atoms with Crippen molar-refractivity contribution in [2.24, 2.45) is 5.10 Å². The minimum Gasteiger partial charge on any atom is -0.488 e. The number of carbonyl (C=O) groups excluding carboxylic acids is 1. The lowest BCUT2D eigenvalue weighted by Gasteiger charge is -2.27. The van der Waals surface area contributed by atoms with Gasteiger partial charge in [0.05, 0.1) is 6.21 Å². The Bertz CT molecular complexity index is 1290. The van der Waals surface area contributed by atoms with Crippen LogP contribution in [-0.4, -0.2) is 17.2 Å². The van der Waals surface area contributed by atoms with E-state index in [1.165, 1.54) is 6.21 Å². The first-order chi connectivity index (χ1) is 17.0. The number of carbonyl (C=O) groups is 1. The predicted octanol–water partition coefficient (Wildman–Crippen LogP) is 5.96. The van der Waals surface area contributed by atoms with E-state index in [9.17, 15) is 9.90 Å². The highest BCUT2D eigenvalue weighted by Gasteiger charge is 2.39. The molecule has 0 fully saturated rings. The molecule has 4 aromatic rings. The molecule has 1 amide bonds. The number of ether oxygens (including phenoxy) is 1. The van der Waals surface area contributed by atoms with Gasteiger partial charge in [0.1, 0.15) is 12.4 Å². The van der Waals surface area contributed by atoms with Gasteiger partial charge in [-0.3, -0.25) is 4.79 Å². The van der Waals surface area contributed by atoms with Gasteiger partial charge in [-0.25, -0.2) is 5.43 Å². The van der Waals surface area contributed by atoms with Gasteiger partial charge in [0.2, 0.25) is 0 Å². The van der Waals surface area contributed by atoms with E-state index in [1.807, 2.05) is 30.3 Å².